The van der Waals surface area contributed by atoms with E-state index in [1.54, 1.807) is 72.8 Å². The van der Waals surface area contributed by atoms with Gasteiger partial charge in [0, 0.05) is 5.56 Å². The predicted molar refractivity (Wildman–Crippen MR) is 146 cm³/mol. The number of carbonyl (C=O) groups is 2. The van der Waals surface area contributed by atoms with Crippen molar-refractivity contribution in [2.45, 2.75) is 20.5 Å². The third-order valence-electron chi connectivity index (χ3n) is 5.51. The molecule has 4 rings (SSSR count). The number of benzene rings is 4. The van der Waals surface area contributed by atoms with Gasteiger partial charge in [-0.05, 0) is 97.8 Å². The number of amides is 1. The minimum Gasteiger partial charge on any atom is -0.494 e. The predicted octanol–water partition coefficient (Wildman–Crippen LogP) is 5.96. The van der Waals surface area contributed by atoms with Crippen molar-refractivity contribution >= 4 is 18.1 Å². The number of esters is 1. The number of carbonyl (C=O) groups excluding carboxylic acids is 2. The summed E-state index contributed by atoms with van der Waals surface area (Å²) in [6.45, 7) is 4.95. The molecule has 7 heteroatoms. The molecule has 0 bridgehead atoms. The average molecular weight is 509 g/mol. The molecule has 0 aromatic heterocycles. The zero-order valence-electron chi connectivity index (χ0n) is 21.2. The summed E-state index contributed by atoms with van der Waals surface area (Å²) in [5, 5.41) is 4.01. The number of hydrogen-bond acceptors (Lipinski definition) is 6. The van der Waals surface area contributed by atoms with Crippen LogP contribution in [0, 0.1) is 6.92 Å². The lowest BCUT2D eigenvalue weighted by molar-refractivity contribution is 0.0734. The fourth-order valence-corrected chi connectivity index (χ4v) is 3.43. The second-order valence-corrected chi connectivity index (χ2v) is 8.41. The Bertz CT molecular complexity index is 1380. The second-order valence-electron chi connectivity index (χ2n) is 8.41. The quantitative estimate of drug-likeness (QED) is 0.124. The molecule has 7 nitrogen and oxygen atoms in total. The number of ether oxygens (including phenoxy) is 3. The highest BCUT2D eigenvalue weighted by atomic mass is 16.5. The third-order valence-corrected chi connectivity index (χ3v) is 5.51. The third kappa shape index (κ3) is 7.54. The van der Waals surface area contributed by atoms with Gasteiger partial charge in [0.15, 0.2) is 0 Å². The number of aryl methyl sites for hydroxylation is 1. The molecule has 38 heavy (non-hydrogen) atoms. The Morgan fingerprint density at radius 1 is 0.737 bits per heavy atom. The minimum absolute atomic E-state index is 0.341. The first kappa shape index (κ1) is 26.2. The van der Waals surface area contributed by atoms with E-state index in [0.717, 1.165) is 11.1 Å². The minimum atomic E-state index is -0.465. The van der Waals surface area contributed by atoms with Crippen LogP contribution in [-0.2, 0) is 6.61 Å². The zero-order chi connectivity index (χ0) is 26.7. The molecule has 192 valence electrons. The highest BCUT2D eigenvalue weighted by Gasteiger charge is 2.09. The van der Waals surface area contributed by atoms with Gasteiger partial charge in [-0.3, -0.25) is 4.79 Å². The Balaban J connectivity index is 1.24. The largest absolute Gasteiger partial charge is 0.494 e. The monoisotopic (exact) mass is 508 g/mol. The summed E-state index contributed by atoms with van der Waals surface area (Å²) in [5.41, 5.74) is 6.39. The van der Waals surface area contributed by atoms with Crippen molar-refractivity contribution in [2.24, 2.45) is 5.10 Å². The smallest absolute Gasteiger partial charge is 0.343 e. The summed E-state index contributed by atoms with van der Waals surface area (Å²) in [6, 6.07) is 28.5. The number of nitrogens with one attached hydrogen (secondary N) is 1. The van der Waals surface area contributed by atoms with Crippen molar-refractivity contribution in [1.82, 2.24) is 5.43 Å². The van der Waals surface area contributed by atoms with Crippen molar-refractivity contribution in [2.75, 3.05) is 6.61 Å². The van der Waals surface area contributed by atoms with Crippen LogP contribution in [0.1, 0.15) is 44.3 Å². The van der Waals surface area contributed by atoms with Crippen LogP contribution in [0.5, 0.6) is 17.2 Å². The van der Waals surface area contributed by atoms with Gasteiger partial charge in [-0.15, -0.1) is 0 Å². The van der Waals surface area contributed by atoms with E-state index >= 15 is 0 Å². The van der Waals surface area contributed by atoms with E-state index in [-0.39, 0.29) is 5.91 Å². The molecule has 0 heterocycles. The van der Waals surface area contributed by atoms with Crippen molar-refractivity contribution in [3.05, 3.63) is 125 Å². The number of hydrogen-bond donors (Lipinski definition) is 1. The maximum atomic E-state index is 12.4. The molecule has 0 spiro atoms. The Morgan fingerprint density at radius 2 is 1.32 bits per heavy atom. The first-order valence-corrected chi connectivity index (χ1v) is 12.2. The Hall–Kier alpha value is -4.91. The molecule has 1 N–H and O–H groups in total. The standard InChI is InChI=1S/C31H28N2O5/c1-3-36-27-18-12-26(13-19-27)31(35)38-29-14-8-23(9-15-29)20-32-33-30(34)25-10-16-28(17-11-25)37-21-24-6-4-22(2)5-7-24/h4-20H,3,21H2,1-2H3,(H,33,34)/b32-20+. The maximum absolute atomic E-state index is 12.4. The van der Waals surface area contributed by atoms with Gasteiger partial charge >= 0.3 is 5.97 Å². The van der Waals surface area contributed by atoms with E-state index in [0.29, 0.717) is 41.6 Å². The van der Waals surface area contributed by atoms with Crippen molar-refractivity contribution < 1.29 is 23.8 Å². The van der Waals surface area contributed by atoms with Gasteiger partial charge in [0.1, 0.15) is 23.9 Å². The molecule has 0 fully saturated rings. The lowest BCUT2D eigenvalue weighted by atomic mass is 10.2. The number of hydrazone groups is 1. The molecule has 4 aromatic carbocycles. The highest BCUT2D eigenvalue weighted by Crippen LogP contribution is 2.17. The molecule has 1 amide bonds. The van der Waals surface area contributed by atoms with Gasteiger partial charge in [-0.25, -0.2) is 10.2 Å². The van der Waals surface area contributed by atoms with Gasteiger partial charge < -0.3 is 14.2 Å². The van der Waals surface area contributed by atoms with E-state index in [1.807, 2.05) is 38.1 Å². The van der Waals surface area contributed by atoms with Crippen LogP contribution in [0.25, 0.3) is 0 Å². The lowest BCUT2D eigenvalue weighted by Gasteiger charge is -2.07. The van der Waals surface area contributed by atoms with Crippen LogP contribution in [0.15, 0.2) is 102 Å². The van der Waals surface area contributed by atoms with Crippen molar-refractivity contribution in [3.63, 3.8) is 0 Å². The molecule has 0 aliphatic rings. The van der Waals surface area contributed by atoms with E-state index in [4.69, 9.17) is 14.2 Å². The van der Waals surface area contributed by atoms with Crippen LogP contribution in [0.4, 0.5) is 0 Å². The van der Waals surface area contributed by atoms with Gasteiger partial charge in [-0.2, -0.15) is 5.10 Å². The fourth-order valence-electron chi connectivity index (χ4n) is 3.43. The summed E-state index contributed by atoms with van der Waals surface area (Å²) in [7, 11) is 0. The van der Waals surface area contributed by atoms with E-state index in [2.05, 4.69) is 10.5 Å². The Labute approximate surface area is 221 Å². The van der Waals surface area contributed by atoms with E-state index in [1.165, 1.54) is 11.8 Å². The van der Waals surface area contributed by atoms with Crippen LogP contribution in [0.2, 0.25) is 0 Å². The van der Waals surface area contributed by atoms with Gasteiger partial charge in [0.05, 0.1) is 18.4 Å². The average Bonchev–Trinajstić information content (AvgIpc) is 2.94. The van der Waals surface area contributed by atoms with E-state index < -0.39 is 5.97 Å². The molecule has 4 aromatic rings. The van der Waals surface area contributed by atoms with Crippen molar-refractivity contribution in [3.8, 4) is 17.2 Å². The van der Waals surface area contributed by atoms with Crippen molar-refractivity contribution in [1.29, 1.82) is 0 Å². The first-order chi connectivity index (χ1) is 18.5. The Kier molecular flexibility index (Phi) is 8.86. The van der Waals surface area contributed by atoms with E-state index in [9.17, 15) is 9.59 Å². The first-order valence-electron chi connectivity index (χ1n) is 12.2. The number of rotatable bonds is 10. The second kappa shape index (κ2) is 12.9. The summed E-state index contributed by atoms with van der Waals surface area (Å²) in [5.74, 6) is 0.962. The molecule has 0 saturated carbocycles. The molecular formula is C31H28N2O5. The van der Waals surface area contributed by atoms with Crippen LogP contribution < -0.4 is 19.6 Å². The maximum Gasteiger partial charge on any atom is 0.343 e. The van der Waals surface area contributed by atoms with Gasteiger partial charge in [0.25, 0.3) is 5.91 Å². The van der Waals surface area contributed by atoms with Crippen LogP contribution in [0.3, 0.4) is 0 Å². The van der Waals surface area contributed by atoms with Gasteiger partial charge in [-0.1, -0.05) is 29.8 Å². The number of nitrogens with zero attached hydrogens (tertiary/aromatic N) is 1. The SMILES string of the molecule is CCOc1ccc(C(=O)Oc2ccc(/C=N/NC(=O)c3ccc(OCc4ccc(C)cc4)cc3)cc2)cc1. The molecule has 0 atom stereocenters. The van der Waals surface area contributed by atoms with Crippen LogP contribution >= 0.6 is 0 Å². The molecular weight excluding hydrogens is 480 g/mol. The van der Waals surface area contributed by atoms with Gasteiger partial charge in [0.2, 0.25) is 0 Å². The highest BCUT2D eigenvalue weighted by molar-refractivity contribution is 5.95. The molecule has 0 saturated heterocycles. The molecule has 0 unspecified atom stereocenters. The summed E-state index contributed by atoms with van der Waals surface area (Å²) in [4.78, 5) is 24.7. The molecule has 0 aliphatic heterocycles. The summed E-state index contributed by atoms with van der Waals surface area (Å²) >= 11 is 0. The summed E-state index contributed by atoms with van der Waals surface area (Å²) in [6.07, 6.45) is 1.51. The topological polar surface area (TPSA) is 86.2 Å². The normalized spacial score (nSPS) is 10.7. The molecule has 0 aliphatic carbocycles. The lowest BCUT2D eigenvalue weighted by Crippen LogP contribution is -2.17. The zero-order valence-corrected chi connectivity index (χ0v) is 21.2. The van der Waals surface area contributed by atoms with Crippen LogP contribution in [-0.4, -0.2) is 24.7 Å². The molecule has 0 radical (unpaired) electrons. The Morgan fingerprint density at radius 3 is 1.95 bits per heavy atom. The fraction of sp³-hybridized carbons (Fsp3) is 0.129. The summed E-state index contributed by atoms with van der Waals surface area (Å²) < 4.78 is 16.6.